The van der Waals surface area contributed by atoms with E-state index in [0.717, 1.165) is 14.2 Å². The summed E-state index contributed by atoms with van der Waals surface area (Å²) in [6, 6.07) is -1.11. The summed E-state index contributed by atoms with van der Waals surface area (Å²) in [5, 5.41) is 3.84. The maximum Gasteiger partial charge on any atom is 0.408 e. The van der Waals surface area contributed by atoms with Crippen molar-refractivity contribution in [1.82, 2.24) is 10.6 Å². The van der Waals surface area contributed by atoms with Gasteiger partial charge in [-0.05, 0) is 33.1 Å². The highest BCUT2D eigenvalue weighted by atomic mass is 32.2. The lowest BCUT2D eigenvalue weighted by Gasteiger charge is -2.32. The number of carbonyl (C=O) groups excluding carboxylic acids is 4. The van der Waals surface area contributed by atoms with E-state index in [9.17, 15) is 27.6 Å². The Bertz CT molecular complexity index is 893. The number of ether oxygens (including phenoxy) is 3. The molecule has 2 N–H and O–H groups in total. The lowest BCUT2D eigenvalue weighted by Crippen LogP contribution is -2.63. The number of amides is 2. The summed E-state index contributed by atoms with van der Waals surface area (Å²) in [6.07, 6.45) is -0.634. The van der Waals surface area contributed by atoms with Crippen molar-refractivity contribution in [1.29, 1.82) is 0 Å². The number of rotatable bonds is 7. The quantitative estimate of drug-likeness (QED) is 0.386. The number of alkyl carbamates (subject to hydrolysis) is 1. The van der Waals surface area contributed by atoms with Crippen molar-refractivity contribution >= 4 is 33.8 Å². The highest BCUT2D eigenvalue weighted by Gasteiger charge is 2.79. The minimum atomic E-state index is -3.89. The summed E-state index contributed by atoms with van der Waals surface area (Å²) in [7, 11) is -1.71. The van der Waals surface area contributed by atoms with Gasteiger partial charge in [0.1, 0.15) is 11.6 Å². The van der Waals surface area contributed by atoms with Gasteiger partial charge in [-0.3, -0.25) is 9.59 Å². The van der Waals surface area contributed by atoms with Crippen LogP contribution in [0.15, 0.2) is 0 Å². The molecule has 5 atom stereocenters. The van der Waals surface area contributed by atoms with Crippen LogP contribution in [0.4, 0.5) is 4.79 Å². The predicted octanol–water partition coefficient (Wildman–Crippen LogP) is 0.170. The molecule has 0 spiro atoms. The van der Waals surface area contributed by atoms with E-state index in [0.29, 0.717) is 0 Å². The number of sulfone groups is 1. The molecule has 2 aliphatic rings. The predicted molar refractivity (Wildman–Crippen MR) is 112 cm³/mol. The van der Waals surface area contributed by atoms with Gasteiger partial charge in [-0.25, -0.2) is 18.0 Å². The van der Waals surface area contributed by atoms with Gasteiger partial charge in [0.15, 0.2) is 15.4 Å². The Morgan fingerprint density at radius 1 is 1.09 bits per heavy atom. The van der Waals surface area contributed by atoms with E-state index < -0.39 is 73.8 Å². The third kappa shape index (κ3) is 5.16. The van der Waals surface area contributed by atoms with Crippen LogP contribution in [0.3, 0.4) is 0 Å². The Kier molecular flexibility index (Phi) is 7.18. The molecule has 2 amide bonds. The largest absolute Gasteiger partial charge is 0.469 e. The highest BCUT2D eigenvalue weighted by Crippen LogP contribution is 2.58. The maximum atomic E-state index is 13.2. The minimum absolute atomic E-state index is 0.0291. The van der Waals surface area contributed by atoms with Crippen molar-refractivity contribution in [3.05, 3.63) is 0 Å². The van der Waals surface area contributed by atoms with E-state index in [1.165, 1.54) is 0 Å². The van der Waals surface area contributed by atoms with E-state index in [-0.39, 0.29) is 12.3 Å². The first kappa shape index (κ1) is 25.9. The molecular formula is C20H32N2O9S. The number of hydrogen-bond acceptors (Lipinski definition) is 9. The normalized spacial score (nSPS) is 28.8. The van der Waals surface area contributed by atoms with Crippen LogP contribution >= 0.6 is 0 Å². The summed E-state index contributed by atoms with van der Waals surface area (Å²) in [5.74, 6) is -5.37. The second-order valence-corrected chi connectivity index (χ2v) is 11.8. The Labute approximate surface area is 187 Å². The zero-order valence-corrected chi connectivity index (χ0v) is 20.2. The van der Waals surface area contributed by atoms with Crippen LogP contribution in [0.25, 0.3) is 0 Å². The number of carbonyl (C=O) groups is 4. The topological polar surface area (TPSA) is 154 Å². The van der Waals surface area contributed by atoms with Crippen LogP contribution in [0, 0.1) is 17.8 Å². The molecule has 182 valence electrons. The number of nitrogens with one attached hydrogen (secondary N) is 2. The third-order valence-electron chi connectivity index (χ3n) is 5.45. The second kappa shape index (κ2) is 8.87. The molecule has 0 aromatic carbocycles. The van der Waals surface area contributed by atoms with E-state index in [1.807, 2.05) is 13.8 Å². The third-order valence-corrected chi connectivity index (χ3v) is 7.72. The molecule has 12 heteroatoms. The molecule has 11 nitrogen and oxygen atoms in total. The minimum Gasteiger partial charge on any atom is -0.469 e. The SMILES string of the molecule is COC(=O)[C@@H]1[C@@H]2[C@H]1S(=O)(=O)C[C@@]2(NC(=O)[C@H](CC(C)C)NC(=O)OC(C)(C)C)C(=O)OC. The molecule has 0 aromatic rings. The molecule has 2 rings (SSSR count). The zero-order valence-electron chi connectivity index (χ0n) is 19.4. The van der Waals surface area contributed by atoms with Gasteiger partial charge in [0.25, 0.3) is 0 Å². The van der Waals surface area contributed by atoms with Gasteiger partial charge in [-0.2, -0.15) is 0 Å². The summed E-state index contributed by atoms with van der Waals surface area (Å²) < 4.78 is 40.1. The molecule has 1 aliphatic heterocycles. The van der Waals surface area contributed by atoms with E-state index >= 15 is 0 Å². The Morgan fingerprint density at radius 2 is 1.69 bits per heavy atom. The van der Waals surface area contributed by atoms with Crippen molar-refractivity contribution in [2.24, 2.45) is 17.8 Å². The summed E-state index contributed by atoms with van der Waals surface area (Å²) in [6.45, 7) is 8.66. The summed E-state index contributed by atoms with van der Waals surface area (Å²) in [5.41, 5.74) is -2.76. The lowest BCUT2D eigenvalue weighted by molar-refractivity contribution is -0.152. The summed E-state index contributed by atoms with van der Waals surface area (Å²) >= 11 is 0. The Balaban J connectivity index is 2.34. The van der Waals surface area contributed by atoms with Crippen molar-refractivity contribution < 1.29 is 41.8 Å². The van der Waals surface area contributed by atoms with Crippen LogP contribution in [0.1, 0.15) is 41.0 Å². The number of methoxy groups -OCH3 is 2. The average molecular weight is 477 g/mol. The number of esters is 2. The molecule has 1 saturated carbocycles. The lowest BCUT2D eigenvalue weighted by atomic mass is 9.92. The van der Waals surface area contributed by atoms with Gasteiger partial charge < -0.3 is 24.8 Å². The van der Waals surface area contributed by atoms with Gasteiger partial charge >= 0.3 is 18.0 Å². The fourth-order valence-corrected chi connectivity index (χ4v) is 6.95. The summed E-state index contributed by atoms with van der Waals surface area (Å²) in [4.78, 5) is 50.3. The fourth-order valence-electron chi connectivity index (χ4n) is 4.25. The molecule has 0 unspecified atom stereocenters. The van der Waals surface area contributed by atoms with Gasteiger partial charge in [0.2, 0.25) is 5.91 Å². The first-order valence-electron chi connectivity index (χ1n) is 10.3. The van der Waals surface area contributed by atoms with Crippen LogP contribution < -0.4 is 10.6 Å². The monoisotopic (exact) mass is 476 g/mol. The first-order chi connectivity index (χ1) is 14.6. The smallest absolute Gasteiger partial charge is 0.408 e. The van der Waals surface area contributed by atoms with Crippen molar-refractivity contribution in [3.8, 4) is 0 Å². The molecule has 2 fully saturated rings. The van der Waals surface area contributed by atoms with Crippen molar-refractivity contribution in [3.63, 3.8) is 0 Å². The zero-order chi connectivity index (χ0) is 24.6. The molecule has 32 heavy (non-hydrogen) atoms. The second-order valence-electron chi connectivity index (χ2n) is 9.63. The molecule has 1 aliphatic carbocycles. The fraction of sp³-hybridized carbons (Fsp3) is 0.800. The standard InChI is InChI=1S/C20H32N2O9S/c1-10(2)8-11(21-18(26)31-19(3,4)5)15(23)22-20(17(25)30-7)9-32(27,28)14-12(13(14)20)16(24)29-6/h10-14H,8-9H2,1-7H3,(H,21,26)(H,22,23)/t11-,12+,13+,14-,20-/m0/s1. The van der Waals surface area contributed by atoms with Gasteiger partial charge in [0, 0.05) is 5.92 Å². The molecular weight excluding hydrogens is 444 g/mol. The molecule has 1 saturated heterocycles. The van der Waals surface area contributed by atoms with Crippen LogP contribution in [0.5, 0.6) is 0 Å². The Hall–Kier alpha value is -2.37. The van der Waals surface area contributed by atoms with Crippen LogP contribution in [-0.2, 0) is 38.4 Å². The van der Waals surface area contributed by atoms with E-state index in [1.54, 1.807) is 20.8 Å². The highest BCUT2D eigenvalue weighted by molar-refractivity contribution is 7.92. The van der Waals surface area contributed by atoms with E-state index in [4.69, 9.17) is 9.47 Å². The van der Waals surface area contributed by atoms with Crippen LogP contribution in [0.2, 0.25) is 0 Å². The first-order valence-corrected chi connectivity index (χ1v) is 12.0. The molecule has 1 heterocycles. The van der Waals surface area contributed by atoms with Crippen LogP contribution in [-0.4, -0.2) is 74.8 Å². The van der Waals surface area contributed by atoms with Gasteiger partial charge in [-0.1, -0.05) is 13.8 Å². The molecule has 0 aromatic heterocycles. The number of hydrogen-bond donors (Lipinski definition) is 2. The van der Waals surface area contributed by atoms with Gasteiger partial charge in [-0.15, -0.1) is 0 Å². The molecule has 0 bridgehead atoms. The Morgan fingerprint density at radius 3 is 2.16 bits per heavy atom. The maximum absolute atomic E-state index is 13.2. The number of fused-ring (bicyclic) bond motifs is 1. The van der Waals surface area contributed by atoms with Crippen molar-refractivity contribution in [2.75, 3.05) is 20.0 Å². The average Bonchev–Trinajstić information content (AvgIpc) is 3.35. The van der Waals surface area contributed by atoms with E-state index in [2.05, 4.69) is 15.4 Å². The van der Waals surface area contributed by atoms with Crippen molar-refractivity contribution in [2.45, 2.75) is 63.5 Å². The molecule has 0 radical (unpaired) electrons. The van der Waals surface area contributed by atoms with Gasteiger partial charge in [0.05, 0.1) is 31.1 Å².